The molecule has 0 aromatic heterocycles. The summed E-state index contributed by atoms with van der Waals surface area (Å²) in [4.78, 5) is 20.6. The number of aliphatic hydroxyl groups excluding tert-OH is 4. The summed E-state index contributed by atoms with van der Waals surface area (Å²) in [6.45, 7) is -0.743. The van der Waals surface area contributed by atoms with Gasteiger partial charge in [0.15, 0.2) is 6.29 Å². The van der Waals surface area contributed by atoms with Crippen LogP contribution in [0.25, 0.3) is 0 Å². The van der Waals surface area contributed by atoms with Crippen LogP contribution in [0.4, 0.5) is 0 Å². The summed E-state index contributed by atoms with van der Waals surface area (Å²) in [6.07, 6.45) is -8.61. The second-order valence-corrected chi connectivity index (χ2v) is 4.36. The molecular formula is C6H11O9P-2. The molecule has 0 aliphatic carbocycles. The molecule has 96 valence electrons. The zero-order valence-electron chi connectivity index (χ0n) is 7.87. The van der Waals surface area contributed by atoms with Crippen LogP contribution in [-0.2, 0) is 13.8 Å². The van der Waals surface area contributed by atoms with E-state index in [1.807, 2.05) is 0 Å². The Labute approximate surface area is 90.1 Å². The topological polar surface area (TPSA) is 163 Å². The Morgan fingerprint density at radius 2 is 1.75 bits per heavy atom. The summed E-state index contributed by atoms with van der Waals surface area (Å²) < 4.78 is 18.7. The number of hydrogen-bond donors (Lipinski definition) is 4. The summed E-state index contributed by atoms with van der Waals surface area (Å²) >= 11 is 0. The number of phosphoric ester groups is 1. The minimum atomic E-state index is -5.41. The third kappa shape index (κ3) is 3.20. The van der Waals surface area contributed by atoms with E-state index in [0.717, 1.165) is 0 Å². The van der Waals surface area contributed by atoms with Crippen molar-refractivity contribution in [2.75, 3.05) is 6.61 Å². The lowest BCUT2D eigenvalue weighted by Gasteiger charge is -2.43. The van der Waals surface area contributed by atoms with Gasteiger partial charge in [-0.2, -0.15) is 0 Å². The molecular weight excluding hydrogens is 247 g/mol. The van der Waals surface area contributed by atoms with Gasteiger partial charge in [0, 0.05) is 0 Å². The standard InChI is InChI=1S/C6H13O9P/c7-1-2-3(8)4(9)5(10)6(14-2)15-16(11,12)13/h2-10H,1H2,(H2,11,12,13)/p-2/t2?,3-,4-,5?,6-/m0/s1. The maximum Gasteiger partial charge on any atom is 0.191 e. The SMILES string of the molecule is O=P([O-])([O-])O[C@@H]1OC(CO)[C@H](O)[C@H](O)C1O. The van der Waals surface area contributed by atoms with Gasteiger partial charge in [0.2, 0.25) is 0 Å². The predicted molar refractivity (Wildman–Crippen MR) is 42.5 cm³/mol. The quantitative estimate of drug-likeness (QED) is 0.366. The van der Waals surface area contributed by atoms with Gasteiger partial charge in [-0.1, -0.05) is 0 Å². The molecule has 5 atom stereocenters. The highest BCUT2D eigenvalue weighted by molar-refractivity contribution is 7.43. The number of phosphoric acid groups is 1. The molecule has 0 aromatic carbocycles. The van der Waals surface area contributed by atoms with Crippen LogP contribution >= 0.6 is 7.82 Å². The normalized spacial score (nSPS) is 41.0. The lowest BCUT2D eigenvalue weighted by atomic mass is 10.00. The monoisotopic (exact) mass is 258 g/mol. The molecule has 1 fully saturated rings. The van der Waals surface area contributed by atoms with Gasteiger partial charge >= 0.3 is 0 Å². The van der Waals surface area contributed by atoms with Gasteiger partial charge < -0.3 is 44.0 Å². The number of hydrogen-bond acceptors (Lipinski definition) is 9. The van der Waals surface area contributed by atoms with Crippen LogP contribution in [0.5, 0.6) is 0 Å². The molecule has 0 spiro atoms. The summed E-state index contributed by atoms with van der Waals surface area (Å²) in [7, 11) is -5.41. The van der Waals surface area contributed by atoms with Gasteiger partial charge in [0.05, 0.1) is 14.4 Å². The maximum absolute atomic E-state index is 10.3. The second-order valence-electron chi connectivity index (χ2n) is 3.25. The van der Waals surface area contributed by atoms with Crippen LogP contribution in [0.2, 0.25) is 0 Å². The van der Waals surface area contributed by atoms with E-state index in [1.54, 1.807) is 0 Å². The van der Waals surface area contributed by atoms with Crippen LogP contribution < -0.4 is 9.79 Å². The Hall–Kier alpha value is -0.0900. The van der Waals surface area contributed by atoms with E-state index < -0.39 is 45.1 Å². The van der Waals surface area contributed by atoms with Gasteiger partial charge in [-0.05, 0) is 0 Å². The molecule has 1 rings (SSSR count). The van der Waals surface area contributed by atoms with Crippen molar-refractivity contribution in [3.05, 3.63) is 0 Å². The van der Waals surface area contributed by atoms with E-state index in [4.69, 9.17) is 5.11 Å². The molecule has 10 heteroatoms. The third-order valence-corrected chi connectivity index (χ3v) is 2.55. The van der Waals surface area contributed by atoms with E-state index in [-0.39, 0.29) is 0 Å². The van der Waals surface area contributed by atoms with Crippen molar-refractivity contribution in [3.8, 4) is 0 Å². The van der Waals surface area contributed by atoms with Crippen molar-refractivity contribution in [1.82, 2.24) is 0 Å². The van der Waals surface area contributed by atoms with Crippen LogP contribution in [0, 0.1) is 0 Å². The van der Waals surface area contributed by atoms with Crippen LogP contribution in [0.15, 0.2) is 0 Å². The summed E-state index contributed by atoms with van der Waals surface area (Å²) in [5.41, 5.74) is 0. The molecule has 1 saturated heterocycles. The van der Waals surface area contributed by atoms with E-state index in [2.05, 4.69) is 9.26 Å². The smallest absolute Gasteiger partial charge is 0.191 e. The average Bonchev–Trinajstić information content (AvgIpc) is 2.17. The molecule has 0 aromatic rings. The number of rotatable bonds is 3. The van der Waals surface area contributed by atoms with Crippen LogP contribution in [0.1, 0.15) is 0 Å². The van der Waals surface area contributed by atoms with Gasteiger partial charge in [0.25, 0.3) is 0 Å². The maximum atomic E-state index is 10.3. The number of ether oxygens (including phenoxy) is 1. The van der Waals surface area contributed by atoms with Crippen molar-refractivity contribution >= 4 is 7.82 Å². The van der Waals surface area contributed by atoms with Crippen molar-refractivity contribution in [2.24, 2.45) is 0 Å². The van der Waals surface area contributed by atoms with E-state index in [9.17, 15) is 29.7 Å². The average molecular weight is 258 g/mol. The summed E-state index contributed by atoms with van der Waals surface area (Å²) in [5, 5.41) is 36.5. The minimum absolute atomic E-state index is 0.743. The third-order valence-electron chi connectivity index (χ3n) is 2.08. The van der Waals surface area contributed by atoms with Crippen molar-refractivity contribution in [2.45, 2.75) is 30.7 Å². The first-order chi connectivity index (χ1) is 7.26. The van der Waals surface area contributed by atoms with Gasteiger partial charge in [-0.3, -0.25) is 0 Å². The van der Waals surface area contributed by atoms with Crippen molar-refractivity contribution in [1.29, 1.82) is 0 Å². The first-order valence-electron chi connectivity index (χ1n) is 4.27. The molecule has 1 aliphatic heterocycles. The Morgan fingerprint density at radius 3 is 2.19 bits per heavy atom. The lowest BCUT2D eigenvalue weighted by molar-refractivity contribution is -0.368. The van der Waals surface area contributed by atoms with Gasteiger partial charge in [-0.15, -0.1) is 0 Å². The highest BCUT2D eigenvalue weighted by Crippen LogP contribution is 2.33. The molecule has 0 saturated carbocycles. The fraction of sp³-hybridized carbons (Fsp3) is 1.00. The first kappa shape index (κ1) is 14.0. The number of aliphatic hydroxyl groups is 4. The molecule has 0 bridgehead atoms. The molecule has 9 nitrogen and oxygen atoms in total. The lowest BCUT2D eigenvalue weighted by Crippen LogP contribution is -2.59. The fourth-order valence-electron chi connectivity index (χ4n) is 1.28. The van der Waals surface area contributed by atoms with Crippen molar-refractivity contribution in [3.63, 3.8) is 0 Å². The Balaban J connectivity index is 2.75. The van der Waals surface area contributed by atoms with Crippen molar-refractivity contribution < 1.29 is 44.0 Å². The van der Waals surface area contributed by atoms with Gasteiger partial charge in [0.1, 0.15) is 24.4 Å². The molecule has 4 N–H and O–H groups in total. The summed E-state index contributed by atoms with van der Waals surface area (Å²) in [6, 6.07) is 0. The predicted octanol–water partition coefficient (Wildman–Crippen LogP) is -4.37. The Kier molecular flexibility index (Phi) is 4.41. The van der Waals surface area contributed by atoms with E-state index in [0.29, 0.717) is 0 Å². The molecule has 16 heavy (non-hydrogen) atoms. The highest BCUT2D eigenvalue weighted by Gasteiger charge is 2.44. The Bertz CT molecular complexity index is 275. The Morgan fingerprint density at radius 1 is 1.19 bits per heavy atom. The fourth-order valence-corrected chi connectivity index (χ4v) is 1.71. The molecule has 1 aliphatic rings. The van der Waals surface area contributed by atoms with Gasteiger partial charge in [-0.25, -0.2) is 0 Å². The van der Waals surface area contributed by atoms with Crippen LogP contribution in [0.3, 0.4) is 0 Å². The highest BCUT2D eigenvalue weighted by atomic mass is 31.2. The minimum Gasteiger partial charge on any atom is -0.790 e. The molecule has 0 radical (unpaired) electrons. The van der Waals surface area contributed by atoms with Crippen LogP contribution in [-0.4, -0.2) is 57.7 Å². The zero-order valence-corrected chi connectivity index (χ0v) is 8.77. The summed E-state index contributed by atoms with van der Waals surface area (Å²) in [5.74, 6) is 0. The largest absolute Gasteiger partial charge is 0.790 e. The van der Waals surface area contributed by atoms with E-state index in [1.165, 1.54) is 0 Å². The zero-order chi connectivity index (χ0) is 12.5. The first-order valence-corrected chi connectivity index (χ1v) is 5.73. The van der Waals surface area contributed by atoms with E-state index >= 15 is 0 Å². The second kappa shape index (κ2) is 5.05. The molecule has 2 unspecified atom stereocenters. The molecule has 0 amide bonds. The molecule has 1 heterocycles.